The fourth-order valence-electron chi connectivity index (χ4n) is 1.87. The smallest absolute Gasteiger partial charge is 0.260 e. The zero-order valence-electron chi connectivity index (χ0n) is 11.9. The number of hydroxylamine groups is 1. The lowest BCUT2D eigenvalue weighted by Crippen LogP contribution is -2.41. The number of carbonyl (C=O) groups excluding carboxylic acids is 3. The van der Waals surface area contributed by atoms with Gasteiger partial charge in [0.25, 0.3) is 5.91 Å². The minimum absolute atomic E-state index is 0.0884. The summed E-state index contributed by atoms with van der Waals surface area (Å²) in [6.07, 6.45) is 1.02. The van der Waals surface area contributed by atoms with Gasteiger partial charge in [0.2, 0.25) is 0 Å². The second-order valence-electron chi connectivity index (χ2n) is 4.30. The molecule has 0 bridgehead atoms. The van der Waals surface area contributed by atoms with Gasteiger partial charge >= 0.3 is 0 Å². The molecule has 0 fully saturated rings. The highest BCUT2D eigenvalue weighted by molar-refractivity contribution is 6.03. The summed E-state index contributed by atoms with van der Waals surface area (Å²) in [5, 5.41) is 9.81. The Kier molecular flexibility index (Phi) is 6.51. The molecule has 0 aliphatic rings. The average molecular weight is 294 g/mol. The molecule has 0 aromatic heterocycles. The van der Waals surface area contributed by atoms with Crippen molar-refractivity contribution in [3.05, 3.63) is 29.3 Å². The number of aldehydes is 2. The molecule has 0 saturated carbocycles. The maximum atomic E-state index is 12.4. The first kappa shape index (κ1) is 16.8. The van der Waals surface area contributed by atoms with Crippen LogP contribution in [0.4, 0.5) is 0 Å². The lowest BCUT2D eigenvalue weighted by molar-refractivity contribution is -0.112. The molecule has 1 amide bonds. The van der Waals surface area contributed by atoms with Crippen LogP contribution in [0.3, 0.4) is 0 Å². The van der Waals surface area contributed by atoms with Crippen molar-refractivity contribution in [3.63, 3.8) is 0 Å². The summed E-state index contributed by atoms with van der Waals surface area (Å²) in [5.41, 5.74) is 2.46. The highest BCUT2D eigenvalue weighted by Crippen LogP contribution is 2.23. The van der Waals surface area contributed by atoms with E-state index < -0.39 is 12.1 Å². The third kappa shape index (κ3) is 4.11. The van der Waals surface area contributed by atoms with Crippen molar-refractivity contribution in [2.75, 3.05) is 14.1 Å². The van der Waals surface area contributed by atoms with E-state index in [2.05, 4.69) is 5.48 Å². The van der Waals surface area contributed by atoms with Crippen molar-refractivity contribution in [2.24, 2.45) is 0 Å². The number of phenols is 1. The molecule has 0 radical (unpaired) electrons. The minimum Gasteiger partial charge on any atom is -0.507 e. The SMILES string of the molecule is CNOC(CCC=O)N(C)C(=O)c1c(O)cccc1C=O. The third-order valence-electron chi connectivity index (χ3n) is 2.95. The quantitative estimate of drug-likeness (QED) is 0.417. The zero-order chi connectivity index (χ0) is 15.8. The molecule has 1 unspecified atom stereocenters. The lowest BCUT2D eigenvalue weighted by atomic mass is 10.1. The first-order chi connectivity index (χ1) is 10.1. The van der Waals surface area contributed by atoms with Gasteiger partial charge in [-0.1, -0.05) is 12.1 Å². The molecule has 1 rings (SSSR count). The minimum atomic E-state index is -0.702. The molecule has 2 N–H and O–H groups in total. The van der Waals surface area contributed by atoms with Crippen LogP contribution in [0.15, 0.2) is 18.2 Å². The Hall–Kier alpha value is -2.25. The number of nitrogens with zero attached hydrogens (tertiary/aromatic N) is 1. The number of hydrogen-bond acceptors (Lipinski definition) is 6. The molecule has 0 spiro atoms. The van der Waals surface area contributed by atoms with Gasteiger partial charge in [-0.05, 0) is 6.07 Å². The molecule has 1 aromatic carbocycles. The predicted octanol–water partition coefficient (Wildman–Crippen LogP) is 0.733. The molecule has 114 valence electrons. The van der Waals surface area contributed by atoms with Crippen molar-refractivity contribution in [1.29, 1.82) is 0 Å². The summed E-state index contributed by atoms with van der Waals surface area (Å²) in [6, 6.07) is 4.24. The number of nitrogens with one attached hydrogen (secondary N) is 1. The number of rotatable bonds is 8. The fourth-order valence-corrected chi connectivity index (χ4v) is 1.87. The number of benzene rings is 1. The summed E-state index contributed by atoms with van der Waals surface area (Å²) < 4.78 is 0. The van der Waals surface area contributed by atoms with Crippen molar-refractivity contribution in [3.8, 4) is 5.75 Å². The second-order valence-corrected chi connectivity index (χ2v) is 4.30. The highest BCUT2D eigenvalue weighted by atomic mass is 16.7. The molecule has 21 heavy (non-hydrogen) atoms. The molecule has 0 heterocycles. The monoisotopic (exact) mass is 294 g/mol. The molecule has 0 aliphatic carbocycles. The van der Waals surface area contributed by atoms with Gasteiger partial charge in [0.1, 0.15) is 12.0 Å². The Morgan fingerprint density at radius 2 is 2.19 bits per heavy atom. The molecule has 0 aliphatic heterocycles. The maximum Gasteiger partial charge on any atom is 0.260 e. The van der Waals surface area contributed by atoms with E-state index in [-0.39, 0.29) is 29.7 Å². The molecule has 1 atom stereocenters. The van der Waals surface area contributed by atoms with Gasteiger partial charge in [-0.3, -0.25) is 14.4 Å². The van der Waals surface area contributed by atoms with Gasteiger partial charge in [-0.15, -0.1) is 0 Å². The van der Waals surface area contributed by atoms with Crippen LogP contribution in [0.25, 0.3) is 0 Å². The molecule has 0 saturated heterocycles. The molecule has 1 aromatic rings. The van der Waals surface area contributed by atoms with Gasteiger partial charge in [-0.2, -0.15) is 0 Å². The van der Waals surface area contributed by atoms with Crippen LogP contribution in [0.5, 0.6) is 5.75 Å². The highest BCUT2D eigenvalue weighted by Gasteiger charge is 2.25. The largest absolute Gasteiger partial charge is 0.507 e. The number of aromatic hydroxyl groups is 1. The molecule has 7 nitrogen and oxygen atoms in total. The predicted molar refractivity (Wildman–Crippen MR) is 74.8 cm³/mol. The van der Waals surface area contributed by atoms with E-state index in [1.807, 2.05) is 0 Å². The number of amides is 1. The van der Waals surface area contributed by atoms with Crippen LogP contribution in [0.1, 0.15) is 33.6 Å². The van der Waals surface area contributed by atoms with E-state index in [4.69, 9.17) is 4.84 Å². The second kappa shape index (κ2) is 8.13. The molecular weight excluding hydrogens is 276 g/mol. The molecule has 7 heteroatoms. The van der Waals surface area contributed by atoms with Crippen LogP contribution in [-0.2, 0) is 9.63 Å². The topological polar surface area (TPSA) is 95.9 Å². The van der Waals surface area contributed by atoms with E-state index in [0.29, 0.717) is 6.29 Å². The number of phenolic OH excluding ortho intramolecular Hbond substituents is 1. The summed E-state index contributed by atoms with van der Waals surface area (Å²) >= 11 is 0. The van der Waals surface area contributed by atoms with Crippen molar-refractivity contribution in [2.45, 2.75) is 19.1 Å². The van der Waals surface area contributed by atoms with Crippen LogP contribution < -0.4 is 5.48 Å². The van der Waals surface area contributed by atoms with Gasteiger partial charge in [0.05, 0.1) is 5.56 Å². The van der Waals surface area contributed by atoms with Gasteiger partial charge in [-0.25, -0.2) is 5.48 Å². The van der Waals surface area contributed by atoms with Crippen LogP contribution >= 0.6 is 0 Å². The standard InChI is InChI=1S/C14H18N2O5/c1-15-21-12(7-4-8-17)16(2)14(20)13-10(9-18)5-3-6-11(13)19/h3,5-6,8-9,12,15,19H,4,7H2,1-2H3. The Bertz CT molecular complexity index is 518. The summed E-state index contributed by atoms with van der Waals surface area (Å²) in [6.45, 7) is 0. The van der Waals surface area contributed by atoms with Crippen LogP contribution in [-0.4, -0.2) is 48.8 Å². The van der Waals surface area contributed by atoms with Gasteiger partial charge in [0.15, 0.2) is 12.5 Å². The van der Waals surface area contributed by atoms with Crippen molar-refractivity contribution < 1.29 is 24.3 Å². The Labute approximate surface area is 122 Å². The fraction of sp³-hybridized carbons (Fsp3) is 0.357. The van der Waals surface area contributed by atoms with Gasteiger partial charge in [0, 0.05) is 32.5 Å². The maximum absolute atomic E-state index is 12.4. The van der Waals surface area contributed by atoms with Crippen molar-refractivity contribution >= 4 is 18.5 Å². The summed E-state index contributed by atoms with van der Waals surface area (Å²) in [7, 11) is 3.00. The number of carbonyl (C=O) groups is 3. The average Bonchev–Trinajstić information content (AvgIpc) is 2.49. The third-order valence-corrected chi connectivity index (χ3v) is 2.95. The van der Waals surface area contributed by atoms with Crippen molar-refractivity contribution in [1.82, 2.24) is 10.4 Å². The summed E-state index contributed by atoms with van der Waals surface area (Å²) in [4.78, 5) is 40.3. The lowest BCUT2D eigenvalue weighted by Gasteiger charge is -2.27. The summed E-state index contributed by atoms with van der Waals surface area (Å²) in [5.74, 6) is -0.851. The normalized spacial score (nSPS) is 11.7. The first-order valence-corrected chi connectivity index (χ1v) is 6.37. The Morgan fingerprint density at radius 3 is 2.76 bits per heavy atom. The van der Waals surface area contributed by atoms with Crippen LogP contribution in [0, 0.1) is 0 Å². The number of hydrogen-bond donors (Lipinski definition) is 2. The van der Waals surface area contributed by atoms with E-state index in [0.717, 1.165) is 6.29 Å². The van der Waals surface area contributed by atoms with Crippen LogP contribution in [0.2, 0.25) is 0 Å². The van der Waals surface area contributed by atoms with E-state index >= 15 is 0 Å². The molecular formula is C14H18N2O5. The Balaban J connectivity index is 3.04. The first-order valence-electron chi connectivity index (χ1n) is 6.37. The van der Waals surface area contributed by atoms with E-state index in [1.54, 1.807) is 0 Å². The van der Waals surface area contributed by atoms with E-state index in [9.17, 15) is 19.5 Å². The van der Waals surface area contributed by atoms with Gasteiger partial charge < -0.3 is 14.8 Å². The van der Waals surface area contributed by atoms with E-state index in [1.165, 1.54) is 37.2 Å². The Morgan fingerprint density at radius 1 is 1.48 bits per heavy atom. The zero-order valence-corrected chi connectivity index (χ0v) is 11.9.